The number of methoxy groups -OCH3 is 1. The molecule has 4 heterocycles. The van der Waals surface area contributed by atoms with E-state index in [4.69, 9.17) is 4.74 Å². The summed E-state index contributed by atoms with van der Waals surface area (Å²) in [4.78, 5) is 4.46. The first-order valence-corrected chi connectivity index (χ1v) is 9.50. The maximum absolute atomic E-state index is 11.4. The minimum Gasteiger partial charge on any atom is -0.497 e. The molecule has 134 valence electrons. The van der Waals surface area contributed by atoms with Crippen LogP contribution in [0.4, 0.5) is 0 Å². The number of aliphatic hydroxyl groups excluding tert-OH is 1. The molecule has 2 aromatic rings. The number of rotatable bonds is 4. The minimum atomic E-state index is -0.455. The van der Waals surface area contributed by atoms with Gasteiger partial charge in [-0.2, -0.15) is 0 Å². The molecule has 5 atom stereocenters. The predicted octanol–water partition coefficient (Wildman–Crippen LogP) is 3.54. The van der Waals surface area contributed by atoms with E-state index in [-0.39, 0.29) is 6.04 Å². The Hall–Kier alpha value is -1.65. The number of benzene rings is 1. The van der Waals surface area contributed by atoms with Gasteiger partial charge >= 0.3 is 0 Å². The van der Waals surface area contributed by atoms with Crippen molar-refractivity contribution >= 4 is 10.9 Å². The number of hydrogen-bond acceptors (Lipinski definition) is 3. The molecule has 4 nitrogen and oxygen atoms in total. The second-order valence-corrected chi connectivity index (χ2v) is 8.13. The van der Waals surface area contributed by atoms with Gasteiger partial charge in [-0.15, -0.1) is 0 Å². The quantitative estimate of drug-likeness (QED) is 0.865. The molecule has 5 rings (SSSR count). The smallest absolute Gasteiger partial charge is 0.131 e. The lowest BCUT2D eigenvalue weighted by Gasteiger charge is -2.56. The number of hydrogen-bond donors (Lipinski definition) is 1. The van der Waals surface area contributed by atoms with Gasteiger partial charge in [-0.1, -0.05) is 6.92 Å². The maximum atomic E-state index is 11.4. The Kier molecular flexibility index (Phi) is 4.20. The summed E-state index contributed by atoms with van der Waals surface area (Å²) < 4.78 is 6.39. The third-order valence-corrected chi connectivity index (χ3v) is 6.86. The van der Waals surface area contributed by atoms with Crippen LogP contribution in [0.5, 0.6) is 5.75 Å². The minimum absolute atomic E-state index is 0.276. The number of aromatic nitrogens is 1. The molecule has 1 N–H and O–H groups in total. The van der Waals surface area contributed by atoms with Crippen molar-refractivity contribution in [1.82, 2.24) is 4.98 Å². The van der Waals surface area contributed by atoms with Gasteiger partial charge in [0.1, 0.15) is 17.9 Å². The van der Waals surface area contributed by atoms with Crippen LogP contribution in [0.25, 0.3) is 10.9 Å². The van der Waals surface area contributed by atoms with Crippen LogP contribution in [0.2, 0.25) is 0 Å². The van der Waals surface area contributed by atoms with Crippen LogP contribution in [-0.4, -0.2) is 47.9 Å². The summed E-state index contributed by atoms with van der Waals surface area (Å²) in [6.07, 6.45) is 5.06. The number of nitrogens with zero attached hydrogens (tertiary/aromatic N) is 2. The molecule has 0 radical (unpaired) electrons. The normalized spacial score (nSPS) is 32.7. The molecule has 1 aromatic heterocycles. The van der Waals surface area contributed by atoms with E-state index in [0.29, 0.717) is 0 Å². The maximum Gasteiger partial charge on any atom is 0.131 e. The van der Waals surface area contributed by atoms with E-state index in [1.165, 1.54) is 25.9 Å². The summed E-state index contributed by atoms with van der Waals surface area (Å²) in [7, 11) is 4.02. The fourth-order valence-corrected chi connectivity index (χ4v) is 5.32. The summed E-state index contributed by atoms with van der Waals surface area (Å²) >= 11 is 0. The molecule has 3 fully saturated rings. The molecule has 0 aliphatic carbocycles. The summed E-state index contributed by atoms with van der Waals surface area (Å²) in [6.45, 7) is 4.71. The number of aliphatic hydroxyl groups is 1. The molecule has 3 aliphatic rings. The number of fused-ring (bicyclic) bond motifs is 4. The third-order valence-electron chi connectivity index (χ3n) is 6.86. The second-order valence-electron chi connectivity index (χ2n) is 8.13. The van der Waals surface area contributed by atoms with Gasteiger partial charge in [0.05, 0.1) is 32.8 Å². The molecule has 4 unspecified atom stereocenters. The topological polar surface area (TPSA) is 42.4 Å². The SMILES string of the molecule is CCC1C[N+]2(C)CCC1CC2[C@@H](O)c1ccnc2ccc(OC)cc12. The van der Waals surface area contributed by atoms with Crippen LogP contribution in [-0.2, 0) is 0 Å². The third kappa shape index (κ3) is 2.72. The van der Waals surface area contributed by atoms with Crippen molar-refractivity contribution in [2.24, 2.45) is 11.8 Å². The molecule has 25 heavy (non-hydrogen) atoms. The fourth-order valence-electron chi connectivity index (χ4n) is 5.32. The molecular formula is C21H29N2O2+. The number of piperidine rings is 3. The van der Waals surface area contributed by atoms with Crippen LogP contribution in [0.1, 0.15) is 37.9 Å². The summed E-state index contributed by atoms with van der Waals surface area (Å²) in [5, 5.41) is 12.4. The van der Waals surface area contributed by atoms with Gasteiger partial charge in [0, 0.05) is 30.3 Å². The van der Waals surface area contributed by atoms with E-state index < -0.39 is 6.10 Å². The highest BCUT2D eigenvalue weighted by Crippen LogP contribution is 2.46. The van der Waals surface area contributed by atoms with E-state index in [1.54, 1.807) is 7.11 Å². The van der Waals surface area contributed by atoms with Crippen LogP contribution in [0.3, 0.4) is 0 Å². The number of pyridine rings is 1. The van der Waals surface area contributed by atoms with Crippen LogP contribution < -0.4 is 4.74 Å². The molecule has 0 spiro atoms. The van der Waals surface area contributed by atoms with Gasteiger partial charge in [0.25, 0.3) is 0 Å². The average molecular weight is 341 g/mol. The van der Waals surface area contributed by atoms with E-state index in [9.17, 15) is 5.11 Å². The van der Waals surface area contributed by atoms with Gasteiger partial charge < -0.3 is 14.3 Å². The summed E-state index contributed by atoms with van der Waals surface area (Å²) in [5.41, 5.74) is 1.91. The van der Waals surface area contributed by atoms with Crippen molar-refractivity contribution in [3.8, 4) is 5.75 Å². The van der Waals surface area contributed by atoms with Gasteiger partial charge in [-0.3, -0.25) is 4.98 Å². The Morgan fingerprint density at radius 2 is 2.20 bits per heavy atom. The Morgan fingerprint density at radius 3 is 2.92 bits per heavy atom. The van der Waals surface area contributed by atoms with Crippen molar-refractivity contribution in [3.63, 3.8) is 0 Å². The lowest BCUT2D eigenvalue weighted by molar-refractivity contribution is -0.957. The fraction of sp³-hybridized carbons (Fsp3) is 0.571. The molecule has 0 saturated carbocycles. The van der Waals surface area contributed by atoms with Crippen molar-refractivity contribution in [3.05, 3.63) is 36.0 Å². The lowest BCUT2D eigenvalue weighted by atomic mass is 9.71. The molecule has 1 aromatic carbocycles. The Bertz CT molecular complexity index is 778. The highest BCUT2D eigenvalue weighted by molar-refractivity contribution is 5.83. The number of likely N-dealkylation sites (N-methyl/N-ethyl adjacent to an activating group) is 1. The van der Waals surface area contributed by atoms with E-state index in [0.717, 1.165) is 45.0 Å². The van der Waals surface area contributed by atoms with Crippen LogP contribution in [0, 0.1) is 11.8 Å². The average Bonchev–Trinajstić information content (AvgIpc) is 2.66. The molecule has 4 heteroatoms. The van der Waals surface area contributed by atoms with Crippen LogP contribution >= 0.6 is 0 Å². The van der Waals surface area contributed by atoms with E-state index in [1.807, 2.05) is 30.5 Å². The van der Waals surface area contributed by atoms with Crippen molar-refractivity contribution < 1.29 is 14.3 Å². The largest absolute Gasteiger partial charge is 0.497 e. The number of quaternary nitrogens is 1. The lowest BCUT2D eigenvalue weighted by Crippen LogP contribution is -2.66. The first-order valence-electron chi connectivity index (χ1n) is 9.50. The second kappa shape index (κ2) is 6.26. The Labute approximate surface area is 150 Å². The van der Waals surface area contributed by atoms with Crippen molar-refractivity contribution in [2.75, 3.05) is 27.2 Å². The zero-order valence-electron chi connectivity index (χ0n) is 15.5. The molecular weight excluding hydrogens is 312 g/mol. The zero-order chi connectivity index (χ0) is 17.6. The highest BCUT2D eigenvalue weighted by Gasteiger charge is 2.51. The standard InChI is InChI=1S/C21H29N2O2/c1-4-14-13-23(2)10-8-15(14)11-20(23)21(24)17-7-9-22-19-6-5-16(25-3)12-18(17)19/h5-7,9,12,14-15,20-21,24H,4,8,10-11,13H2,1-3H3/q+1/t14?,15?,20?,21-,23?/m0/s1. The van der Waals surface area contributed by atoms with Gasteiger partial charge in [0.15, 0.2) is 0 Å². The van der Waals surface area contributed by atoms with E-state index >= 15 is 0 Å². The first kappa shape index (κ1) is 16.8. The molecule has 2 bridgehead atoms. The van der Waals surface area contributed by atoms with Crippen LogP contribution in [0.15, 0.2) is 30.5 Å². The van der Waals surface area contributed by atoms with Gasteiger partial charge in [-0.05, 0) is 42.2 Å². The van der Waals surface area contributed by atoms with Crippen molar-refractivity contribution in [1.29, 1.82) is 0 Å². The Morgan fingerprint density at radius 1 is 1.36 bits per heavy atom. The van der Waals surface area contributed by atoms with Gasteiger partial charge in [-0.25, -0.2) is 0 Å². The first-order chi connectivity index (χ1) is 12.1. The van der Waals surface area contributed by atoms with Crippen molar-refractivity contribution in [2.45, 2.75) is 38.3 Å². The molecule has 3 aliphatic heterocycles. The monoisotopic (exact) mass is 341 g/mol. The zero-order valence-corrected chi connectivity index (χ0v) is 15.5. The Balaban J connectivity index is 1.72. The molecule has 0 amide bonds. The number of ether oxygens (including phenoxy) is 1. The van der Waals surface area contributed by atoms with E-state index in [2.05, 4.69) is 19.0 Å². The molecule has 3 saturated heterocycles. The van der Waals surface area contributed by atoms with Gasteiger partial charge in [0.2, 0.25) is 0 Å². The highest BCUT2D eigenvalue weighted by atomic mass is 16.5. The predicted molar refractivity (Wildman–Crippen MR) is 99.5 cm³/mol. The summed E-state index contributed by atoms with van der Waals surface area (Å²) in [5.74, 6) is 2.40. The summed E-state index contributed by atoms with van der Waals surface area (Å²) in [6, 6.07) is 8.17.